The summed E-state index contributed by atoms with van der Waals surface area (Å²) < 4.78 is 5.34. The monoisotopic (exact) mass is 304 g/mol. The maximum Gasteiger partial charge on any atom is 0.242 e. The highest BCUT2D eigenvalue weighted by Crippen LogP contribution is 2.26. The summed E-state index contributed by atoms with van der Waals surface area (Å²) in [7, 11) is 1.64. The fraction of sp³-hybridized carbons (Fsp3) is 0.611. The first-order chi connectivity index (χ1) is 10.6. The minimum atomic E-state index is -0.278. The Balaban J connectivity index is 1.86. The predicted molar refractivity (Wildman–Crippen MR) is 90.4 cm³/mol. The molecule has 0 radical (unpaired) electrons. The van der Waals surface area contributed by atoms with E-state index in [1.165, 1.54) is 32.1 Å². The molecule has 1 fully saturated rings. The minimum absolute atomic E-state index is 0.0501. The van der Waals surface area contributed by atoms with Crippen molar-refractivity contribution in [2.45, 2.75) is 52.0 Å². The number of hydrogen-bond acceptors (Lipinski definition) is 3. The number of aryl methyl sites for hydroxylation is 1. The van der Waals surface area contributed by atoms with E-state index in [0.29, 0.717) is 5.92 Å². The van der Waals surface area contributed by atoms with Crippen LogP contribution in [0.3, 0.4) is 0 Å². The lowest BCUT2D eigenvalue weighted by Crippen LogP contribution is -2.40. The van der Waals surface area contributed by atoms with E-state index in [1.54, 1.807) is 7.11 Å². The molecule has 1 amide bonds. The summed E-state index contributed by atoms with van der Waals surface area (Å²) in [6.45, 7) is 4.71. The standard InChI is InChI=1S/C18H28N2O2/c1-13-9-10-17(22-3)16(11-13)20-14(2)18(21)19-12-15-7-5-4-6-8-15/h9-11,14-15,20H,4-8,12H2,1-3H3,(H,19,21). The van der Waals surface area contributed by atoms with E-state index in [9.17, 15) is 4.79 Å². The Hall–Kier alpha value is -1.71. The van der Waals surface area contributed by atoms with Gasteiger partial charge in [0.2, 0.25) is 5.91 Å². The van der Waals surface area contributed by atoms with Gasteiger partial charge < -0.3 is 15.4 Å². The van der Waals surface area contributed by atoms with Gasteiger partial charge in [0.1, 0.15) is 11.8 Å². The number of nitrogens with one attached hydrogen (secondary N) is 2. The van der Waals surface area contributed by atoms with Crippen LogP contribution in [0.4, 0.5) is 5.69 Å². The number of hydrogen-bond donors (Lipinski definition) is 2. The topological polar surface area (TPSA) is 50.4 Å². The number of carbonyl (C=O) groups excluding carboxylic acids is 1. The second-order valence-electron chi connectivity index (χ2n) is 6.32. The first-order valence-corrected chi connectivity index (χ1v) is 8.29. The van der Waals surface area contributed by atoms with Crippen molar-refractivity contribution in [2.24, 2.45) is 5.92 Å². The largest absolute Gasteiger partial charge is 0.495 e. The summed E-state index contributed by atoms with van der Waals surface area (Å²) in [5.74, 6) is 1.46. The third kappa shape index (κ3) is 4.65. The minimum Gasteiger partial charge on any atom is -0.495 e. The van der Waals surface area contributed by atoms with Crippen molar-refractivity contribution >= 4 is 11.6 Å². The van der Waals surface area contributed by atoms with Crippen LogP contribution >= 0.6 is 0 Å². The van der Waals surface area contributed by atoms with Crippen molar-refractivity contribution in [3.05, 3.63) is 23.8 Å². The number of methoxy groups -OCH3 is 1. The lowest BCUT2D eigenvalue weighted by molar-refractivity contribution is -0.121. The van der Waals surface area contributed by atoms with Gasteiger partial charge in [-0.2, -0.15) is 0 Å². The van der Waals surface area contributed by atoms with E-state index in [0.717, 1.165) is 23.5 Å². The van der Waals surface area contributed by atoms with E-state index in [-0.39, 0.29) is 11.9 Å². The van der Waals surface area contributed by atoms with Gasteiger partial charge in [0, 0.05) is 6.54 Å². The first kappa shape index (κ1) is 16.7. The van der Waals surface area contributed by atoms with Gasteiger partial charge in [-0.05, 0) is 50.3 Å². The molecule has 2 N–H and O–H groups in total. The third-order valence-electron chi connectivity index (χ3n) is 4.41. The van der Waals surface area contributed by atoms with Gasteiger partial charge in [0.15, 0.2) is 0 Å². The highest BCUT2D eigenvalue weighted by atomic mass is 16.5. The van der Waals surface area contributed by atoms with E-state index in [1.807, 2.05) is 32.0 Å². The van der Waals surface area contributed by atoms with Crippen LogP contribution in [0.1, 0.15) is 44.6 Å². The molecule has 0 aromatic heterocycles. The molecule has 0 aliphatic heterocycles. The number of benzene rings is 1. The lowest BCUT2D eigenvalue weighted by Gasteiger charge is -2.23. The molecule has 1 atom stereocenters. The highest BCUT2D eigenvalue weighted by molar-refractivity contribution is 5.84. The van der Waals surface area contributed by atoms with Gasteiger partial charge in [-0.1, -0.05) is 25.3 Å². The van der Waals surface area contributed by atoms with Crippen molar-refractivity contribution in [3.63, 3.8) is 0 Å². The van der Waals surface area contributed by atoms with Crippen LogP contribution in [0, 0.1) is 12.8 Å². The van der Waals surface area contributed by atoms with Crippen LogP contribution in [0.15, 0.2) is 18.2 Å². The number of ether oxygens (including phenoxy) is 1. The zero-order valence-corrected chi connectivity index (χ0v) is 13.9. The summed E-state index contributed by atoms with van der Waals surface area (Å²) in [6, 6.07) is 5.64. The zero-order valence-electron chi connectivity index (χ0n) is 13.9. The average Bonchev–Trinajstić information content (AvgIpc) is 2.53. The first-order valence-electron chi connectivity index (χ1n) is 8.29. The van der Waals surface area contributed by atoms with Gasteiger partial charge in [-0.3, -0.25) is 4.79 Å². The van der Waals surface area contributed by atoms with Gasteiger partial charge in [-0.15, -0.1) is 0 Å². The molecule has 1 aromatic rings. The molecule has 0 saturated heterocycles. The highest BCUT2D eigenvalue weighted by Gasteiger charge is 2.18. The van der Waals surface area contributed by atoms with Crippen LogP contribution in [0.25, 0.3) is 0 Å². The molecule has 1 aromatic carbocycles. The maximum absolute atomic E-state index is 12.3. The molecule has 4 nitrogen and oxygen atoms in total. The summed E-state index contributed by atoms with van der Waals surface area (Å²) in [5, 5.41) is 6.33. The summed E-state index contributed by atoms with van der Waals surface area (Å²) >= 11 is 0. The normalized spacial score (nSPS) is 16.9. The van der Waals surface area contributed by atoms with Crippen LogP contribution in [-0.2, 0) is 4.79 Å². The molecule has 22 heavy (non-hydrogen) atoms. The fourth-order valence-electron chi connectivity index (χ4n) is 3.02. The molecule has 122 valence electrons. The van der Waals surface area contributed by atoms with Crippen LogP contribution in [0.5, 0.6) is 5.75 Å². The second kappa shape index (κ2) is 8.06. The Labute approximate surface area is 133 Å². The lowest BCUT2D eigenvalue weighted by atomic mass is 9.89. The van der Waals surface area contributed by atoms with Crippen LogP contribution in [0.2, 0.25) is 0 Å². The van der Waals surface area contributed by atoms with Crippen molar-refractivity contribution < 1.29 is 9.53 Å². The number of rotatable bonds is 6. The number of anilines is 1. The predicted octanol–water partition coefficient (Wildman–Crippen LogP) is 3.50. The Morgan fingerprint density at radius 3 is 2.73 bits per heavy atom. The van der Waals surface area contributed by atoms with Gasteiger partial charge in [0.25, 0.3) is 0 Å². The van der Waals surface area contributed by atoms with E-state index in [4.69, 9.17) is 4.74 Å². The molecule has 1 aliphatic rings. The maximum atomic E-state index is 12.3. The van der Waals surface area contributed by atoms with Crippen molar-refractivity contribution in [3.8, 4) is 5.75 Å². The summed E-state index contributed by atoms with van der Waals surface area (Å²) in [4.78, 5) is 12.3. The third-order valence-corrected chi connectivity index (χ3v) is 4.41. The molecule has 0 bridgehead atoms. The Kier molecular flexibility index (Phi) is 6.10. The molecule has 0 spiro atoms. The van der Waals surface area contributed by atoms with E-state index < -0.39 is 0 Å². The molecule has 2 rings (SSSR count). The van der Waals surface area contributed by atoms with Crippen LogP contribution < -0.4 is 15.4 Å². The number of amides is 1. The average molecular weight is 304 g/mol. The summed E-state index contributed by atoms with van der Waals surface area (Å²) in [5.41, 5.74) is 2.00. The Bertz CT molecular complexity index is 496. The van der Waals surface area contributed by atoms with E-state index in [2.05, 4.69) is 10.6 Å². The number of carbonyl (C=O) groups is 1. The Morgan fingerprint density at radius 1 is 1.32 bits per heavy atom. The zero-order chi connectivity index (χ0) is 15.9. The van der Waals surface area contributed by atoms with Crippen molar-refractivity contribution in [2.75, 3.05) is 19.0 Å². The molecule has 1 aliphatic carbocycles. The summed E-state index contributed by atoms with van der Waals surface area (Å²) in [6.07, 6.45) is 6.43. The van der Waals surface area contributed by atoms with Gasteiger partial charge in [-0.25, -0.2) is 0 Å². The molecular formula is C18H28N2O2. The quantitative estimate of drug-likeness (QED) is 0.845. The van der Waals surface area contributed by atoms with Gasteiger partial charge in [0.05, 0.1) is 12.8 Å². The molecule has 1 saturated carbocycles. The van der Waals surface area contributed by atoms with Crippen molar-refractivity contribution in [1.82, 2.24) is 5.32 Å². The van der Waals surface area contributed by atoms with Crippen molar-refractivity contribution in [1.29, 1.82) is 0 Å². The SMILES string of the molecule is COc1ccc(C)cc1NC(C)C(=O)NCC1CCCCC1. The molecular weight excluding hydrogens is 276 g/mol. The fourth-order valence-corrected chi connectivity index (χ4v) is 3.02. The molecule has 0 heterocycles. The second-order valence-corrected chi connectivity index (χ2v) is 6.32. The molecule has 1 unspecified atom stereocenters. The Morgan fingerprint density at radius 2 is 2.05 bits per heavy atom. The van der Waals surface area contributed by atoms with E-state index >= 15 is 0 Å². The van der Waals surface area contributed by atoms with Crippen LogP contribution in [-0.4, -0.2) is 25.6 Å². The molecule has 4 heteroatoms. The smallest absolute Gasteiger partial charge is 0.242 e. The van der Waals surface area contributed by atoms with Gasteiger partial charge >= 0.3 is 0 Å².